The number of fused-ring (bicyclic) bond motifs is 3. The first-order valence-corrected chi connectivity index (χ1v) is 11.8. The third-order valence-electron chi connectivity index (χ3n) is 5.36. The number of pyridine rings is 1. The third kappa shape index (κ3) is 4.71. The zero-order valence-electron chi connectivity index (χ0n) is 17.8. The molecule has 0 fully saturated rings. The van der Waals surface area contributed by atoms with Crippen molar-refractivity contribution in [3.8, 4) is 11.5 Å². The minimum Gasteiger partial charge on any atom is -0.488 e. The summed E-state index contributed by atoms with van der Waals surface area (Å²) in [5, 5.41) is 10.5. The van der Waals surface area contributed by atoms with Crippen LogP contribution < -0.4 is 9.47 Å². The van der Waals surface area contributed by atoms with Crippen LogP contribution in [0.2, 0.25) is 5.02 Å². The highest BCUT2D eigenvalue weighted by Crippen LogP contribution is 2.33. The molecule has 1 N–H and O–H groups in total. The normalized spacial score (nSPS) is 12.4. The van der Waals surface area contributed by atoms with Crippen LogP contribution >= 0.6 is 23.4 Å². The van der Waals surface area contributed by atoms with E-state index in [0.29, 0.717) is 27.6 Å². The number of rotatable bonds is 6. The third-order valence-corrected chi connectivity index (χ3v) is 6.57. The second-order valence-electron chi connectivity index (χ2n) is 7.71. The molecule has 4 aromatic rings. The molecule has 0 saturated carbocycles. The summed E-state index contributed by atoms with van der Waals surface area (Å²) >= 11 is 7.27. The molecule has 0 saturated heterocycles. The monoisotopic (exact) mass is 491 g/mol. The van der Waals surface area contributed by atoms with Gasteiger partial charge in [-0.1, -0.05) is 23.7 Å². The maximum absolute atomic E-state index is 13.2. The number of ether oxygens (including phenoxy) is 2. The standard InChI is InChI=1S/C26H18ClNO5S/c27-17-3-1-15-2-4-18(28-23(15)10-17)13-32-19-5-8-24-22(11-19)26(31)21-7-6-20(34-14-25(29)30)9-16(21)12-33-24/h1-11H,12-14H2,(H,29,30). The van der Waals surface area contributed by atoms with Crippen LogP contribution in [0.3, 0.4) is 0 Å². The number of aliphatic carboxylic acids is 1. The van der Waals surface area contributed by atoms with E-state index in [4.69, 9.17) is 26.2 Å². The van der Waals surface area contributed by atoms with Crippen molar-refractivity contribution in [2.24, 2.45) is 0 Å². The number of thioether (sulfide) groups is 1. The molecule has 1 aromatic heterocycles. The first-order valence-electron chi connectivity index (χ1n) is 10.4. The molecule has 8 heteroatoms. The molecule has 0 atom stereocenters. The van der Waals surface area contributed by atoms with Gasteiger partial charge in [-0.05, 0) is 54.6 Å². The van der Waals surface area contributed by atoms with Crippen LogP contribution in [0.1, 0.15) is 27.2 Å². The fourth-order valence-electron chi connectivity index (χ4n) is 3.72. The Morgan fingerprint density at radius 3 is 2.76 bits per heavy atom. The van der Waals surface area contributed by atoms with Crippen LogP contribution in [-0.4, -0.2) is 27.6 Å². The molecule has 0 spiro atoms. The molecular weight excluding hydrogens is 474 g/mol. The predicted octanol–water partition coefficient (Wildman–Crippen LogP) is 5.77. The number of aromatic nitrogens is 1. The van der Waals surface area contributed by atoms with Crippen molar-refractivity contribution in [1.29, 1.82) is 0 Å². The summed E-state index contributed by atoms with van der Waals surface area (Å²) in [5.41, 5.74) is 3.20. The molecule has 0 bridgehead atoms. The molecule has 0 aliphatic carbocycles. The van der Waals surface area contributed by atoms with Crippen molar-refractivity contribution in [1.82, 2.24) is 4.98 Å². The van der Waals surface area contributed by atoms with Crippen molar-refractivity contribution in [2.75, 3.05) is 5.75 Å². The molecule has 0 amide bonds. The second-order valence-corrected chi connectivity index (χ2v) is 9.19. The number of benzene rings is 3. The lowest BCUT2D eigenvalue weighted by Gasteiger charge is -2.10. The van der Waals surface area contributed by atoms with Gasteiger partial charge in [0, 0.05) is 26.4 Å². The maximum atomic E-state index is 13.2. The predicted molar refractivity (Wildman–Crippen MR) is 130 cm³/mol. The number of hydrogen-bond acceptors (Lipinski definition) is 6. The first kappa shape index (κ1) is 22.3. The Kier molecular flexibility index (Phi) is 6.13. The van der Waals surface area contributed by atoms with Crippen LogP contribution in [0.4, 0.5) is 0 Å². The Labute approximate surface area is 204 Å². The summed E-state index contributed by atoms with van der Waals surface area (Å²) in [5.74, 6) is -0.100. The zero-order chi connectivity index (χ0) is 23.7. The maximum Gasteiger partial charge on any atom is 0.313 e. The lowest BCUT2D eigenvalue weighted by Crippen LogP contribution is -2.04. The molecule has 2 heterocycles. The largest absolute Gasteiger partial charge is 0.488 e. The van der Waals surface area contributed by atoms with E-state index in [1.807, 2.05) is 36.4 Å². The van der Waals surface area contributed by atoms with E-state index in [1.165, 1.54) is 11.8 Å². The summed E-state index contributed by atoms with van der Waals surface area (Å²) < 4.78 is 11.8. The van der Waals surface area contributed by atoms with Crippen LogP contribution in [0.25, 0.3) is 10.9 Å². The van der Waals surface area contributed by atoms with Gasteiger partial charge in [0.15, 0.2) is 5.78 Å². The molecule has 170 valence electrons. The fraction of sp³-hybridized carbons (Fsp3) is 0.115. The van der Waals surface area contributed by atoms with Gasteiger partial charge in [0.25, 0.3) is 0 Å². The molecule has 34 heavy (non-hydrogen) atoms. The van der Waals surface area contributed by atoms with Crippen molar-refractivity contribution >= 4 is 46.0 Å². The number of hydrogen-bond donors (Lipinski definition) is 1. The van der Waals surface area contributed by atoms with E-state index >= 15 is 0 Å². The number of nitrogens with zero attached hydrogens (tertiary/aromatic N) is 1. The molecule has 0 unspecified atom stereocenters. The van der Waals surface area contributed by atoms with Gasteiger partial charge in [0.2, 0.25) is 0 Å². The van der Waals surface area contributed by atoms with Crippen LogP contribution in [0, 0.1) is 0 Å². The highest BCUT2D eigenvalue weighted by molar-refractivity contribution is 8.00. The smallest absolute Gasteiger partial charge is 0.313 e. The van der Waals surface area contributed by atoms with Gasteiger partial charge in [-0.25, -0.2) is 4.98 Å². The molecule has 6 nitrogen and oxygen atoms in total. The fourth-order valence-corrected chi connectivity index (χ4v) is 4.57. The van der Waals surface area contributed by atoms with Crippen molar-refractivity contribution in [2.45, 2.75) is 18.1 Å². The summed E-state index contributed by atoms with van der Waals surface area (Å²) in [6, 6.07) is 19.8. The van der Waals surface area contributed by atoms with Crippen molar-refractivity contribution in [3.63, 3.8) is 0 Å². The summed E-state index contributed by atoms with van der Waals surface area (Å²) in [4.78, 5) is 29.5. The number of carbonyl (C=O) groups is 2. The van der Waals surface area contributed by atoms with Gasteiger partial charge in [0.05, 0.1) is 22.5 Å². The van der Waals surface area contributed by atoms with Crippen LogP contribution in [0.15, 0.2) is 71.6 Å². The van der Waals surface area contributed by atoms with E-state index < -0.39 is 5.97 Å². The van der Waals surface area contributed by atoms with Gasteiger partial charge >= 0.3 is 5.97 Å². The van der Waals surface area contributed by atoms with E-state index in [2.05, 4.69) is 4.98 Å². The molecule has 3 aromatic carbocycles. The number of ketones is 1. The van der Waals surface area contributed by atoms with E-state index in [9.17, 15) is 9.59 Å². The lowest BCUT2D eigenvalue weighted by molar-refractivity contribution is -0.133. The van der Waals surface area contributed by atoms with Crippen molar-refractivity contribution in [3.05, 3.63) is 94.1 Å². The summed E-state index contributed by atoms with van der Waals surface area (Å²) in [6.07, 6.45) is 0. The number of carboxylic acid groups (broad SMARTS) is 1. The average molecular weight is 492 g/mol. The van der Waals surface area contributed by atoms with Crippen molar-refractivity contribution < 1.29 is 24.2 Å². The molecule has 0 radical (unpaired) electrons. The minimum absolute atomic E-state index is 0.0480. The Bertz CT molecular complexity index is 1440. The Morgan fingerprint density at radius 1 is 1.06 bits per heavy atom. The van der Waals surface area contributed by atoms with Gasteiger partial charge in [-0.15, -0.1) is 11.8 Å². The molecule has 5 rings (SSSR count). The van der Waals surface area contributed by atoms with Crippen LogP contribution in [-0.2, 0) is 18.0 Å². The summed E-state index contributed by atoms with van der Waals surface area (Å²) in [7, 11) is 0. The lowest BCUT2D eigenvalue weighted by atomic mass is 9.99. The van der Waals surface area contributed by atoms with E-state index in [0.717, 1.165) is 27.1 Å². The highest BCUT2D eigenvalue weighted by atomic mass is 35.5. The van der Waals surface area contributed by atoms with Crippen LogP contribution in [0.5, 0.6) is 11.5 Å². The van der Waals surface area contributed by atoms with E-state index in [-0.39, 0.29) is 24.7 Å². The summed E-state index contributed by atoms with van der Waals surface area (Å²) in [6.45, 7) is 0.455. The number of halogens is 1. The second kappa shape index (κ2) is 9.37. The molecule has 1 aliphatic heterocycles. The highest BCUT2D eigenvalue weighted by Gasteiger charge is 2.23. The Morgan fingerprint density at radius 2 is 1.91 bits per heavy atom. The van der Waals surface area contributed by atoms with E-state index in [1.54, 1.807) is 30.3 Å². The molecular formula is C26H18ClNO5S. The first-order chi connectivity index (χ1) is 16.5. The SMILES string of the molecule is O=C(O)CSc1ccc2c(c1)COc1ccc(OCc3ccc4ccc(Cl)cc4n3)cc1C2=O. The van der Waals surface area contributed by atoms with Gasteiger partial charge in [-0.3, -0.25) is 9.59 Å². The number of carboxylic acids is 1. The number of carbonyl (C=O) groups excluding carboxylic acids is 1. The average Bonchev–Trinajstić information content (AvgIpc) is 2.97. The van der Waals surface area contributed by atoms with Gasteiger partial charge in [0.1, 0.15) is 24.7 Å². The topological polar surface area (TPSA) is 85.7 Å². The Balaban J connectivity index is 1.35. The zero-order valence-corrected chi connectivity index (χ0v) is 19.4. The molecule has 1 aliphatic rings. The quantitative estimate of drug-likeness (QED) is 0.343. The van der Waals surface area contributed by atoms with Gasteiger partial charge in [-0.2, -0.15) is 0 Å². The minimum atomic E-state index is -0.894. The van der Waals surface area contributed by atoms with Gasteiger partial charge < -0.3 is 14.6 Å². The Hall–Kier alpha value is -3.55.